The maximum atomic E-state index is 12.6. The van der Waals surface area contributed by atoms with Crippen LogP contribution in [0.3, 0.4) is 0 Å². The van der Waals surface area contributed by atoms with Crippen LogP contribution in [0.25, 0.3) is 11.3 Å². The lowest BCUT2D eigenvalue weighted by atomic mass is 9.78. The van der Waals surface area contributed by atoms with Gasteiger partial charge in [0.2, 0.25) is 5.95 Å². The molecule has 2 aromatic carbocycles. The van der Waals surface area contributed by atoms with Gasteiger partial charge in [0.15, 0.2) is 0 Å². The highest BCUT2D eigenvalue weighted by molar-refractivity contribution is 7.92. The number of thiophene rings is 1. The molecule has 0 fully saturated rings. The predicted molar refractivity (Wildman–Crippen MR) is 151 cm³/mol. The first-order valence-corrected chi connectivity index (χ1v) is 14.8. The number of sulfonamides is 1. The van der Waals surface area contributed by atoms with Crippen molar-refractivity contribution in [1.29, 1.82) is 0 Å². The summed E-state index contributed by atoms with van der Waals surface area (Å²) in [4.78, 5) is 12.0. The lowest BCUT2D eigenvalue weighted by Crippen LogP contribution is -2.17. The molecule has 7 nitrogen and oxygen atoms in total. The number of nitrogens with one attached hydrogen (secondary N) is 2. The minimum atomic E-state index is -3.58. The Hall–Kier alpha value is -3.27. The number of benzene rings is 2. The Morgan fingerprint density at radius 2 is 1.86 bits per heavy atom. The topological polar surface area (TPSA) is 87.2 Å². The fourth-order valence-corrected chi connectivity index (χ4v) is 6.76. The van der Waals surface area contributed by atoms with Crippen LogP contribution < -0.4 is 10.0 Å². The molecule has 0 spiro atoms. The summed E-state index contributed by atoms with van der Waals surface area (Å²) in [5.74, 6) is 0.804. The molecule has 1 aliphatic carbocycles. The van der Waals surface area contributed by atoms with Gasteiger partial charge in [-0.3, -0.25) is 4.72 Å². The second-order valence-corrected chi connectivity index (χ2v) is 12.0. The molecule has 1 unspecified atom stereocenters. The lowest BCUT2D eigenvalue weighted by molar-refractivity contribution is 0.396. The molecule has 2 N–H and O–H groups in total. The number of unbranched alkanes of at least 4 members (excludes halogenated alkanes) is 1. The van der Waals surface area contributed by atoms with Crippen molar-refractivity contribution >= 4 is 33.0 Å². The Morgan fingerprint density at radius 3 is 2.62 bits per heavy atom. The lowest BCUT2D eigenvalue weighted by Gasteiger charge is -2.27. The van der Waals surface area contributed by atoms with E-state index < -0.39 is 10.0 Å². The van der Waals surface area contributed by atoms with Crippen LogP contribution in [0.4, 0.5) is 11.6 Å². The molecule has 0 saturated carbocycles. The van der Waals surface area contributed by atoms with Crippen molar-refractivity contribution in [3.63, 3.8) is 0 Å². The maximum absolute atomic E-state index is 12.6. The number of hydrogen-bond donors (Lipinski definition) is 2. The van der Waals surface area contributed by atoms with Gasteiger partial charge in [-0.15, -0.1) is 0 Å². The van der Waals surface area contributed by atoms with Gasteiger partial charge in [0, 0.05) is 35.3 Å². The van der Waals surface area contributed by atoms with Gasteiger partial charge in [-0.2, -0.15) is 11.3 Å². The summed E-state index contributed by atoms with van der Waals surface area (Å²) in [5.41, 5.74) is 6.11. The molecular weight excluding hydrogens is 502 g/mol. The number of rotatable bonds is 10. The zero-order valence-corrected chi connectivity index (χ0v) is 22.6. The first kappa shape index (κ1) is 25.4. The summed E-state index contributed by atoms with van der Waals surface area (Å²) < 4.78 is 27.8. The number of aromatic nitrogens is 2. The molecule has 37 heavy (non-hydrogen) atoms. The summed E-state index contributed by atoms with van der Waals surface area (Å²) in [7, 11) is 0.601. The molecule has 2 heterocycles. The molecule has 4 aromatic rings. The highest BCUT2D eigenvalue weighted by Crippen LogP contribution is 2.42. The summed E-state index contributed by atoms with van der Waals surface area (Å²) in [5, 5.41) is 6.76. The second kappa shape index (κ2) is 11.0. The van der Waals surface area contributed by atoms with Gasteiger partial charge in [0.1, 0.15) is 0 Å². The van der Waals surface area contributed by atoms with Gasteiger partial charge in [-0.1, -0.05) is 36.4 Å². The van der Waals surface area contributed by atoms with Gasteiger partial charge >= 0.3 is 0 Å². The quantitative estimate of drug-likeness (QED) is 0.264. The van der Waals surface area contributed by atoms with E-state index in [1.165, 1.54) is 16.9 Å². The van der Waals surface area contributed by atoms with Crippen molar-refractivity contribution in [2.24, 2.45) is 0 Å². The van der Waals surface area contributed by atoms with Crippen molar-refractivity contribution in [3.05, 3.63) is 88.2 Å². The Morgan fingerprint density at radius 1 is 1.05 bits per heavy atom. The van der Waals surface area contributed by atoms with Crippen LogP contribution in [0.5, 0.6) is 0 Å². The molecule has 1 atom stereocenters. The first-order valence-electron chi connectivity index (χ1n) is 12.4. The summed E-state index contributed by atoms with van der Waals surface area (Å²) in [6, 6.07) is 17.7. The van der Waals surface area contributed by atoms with Crippen LogP contribution in [-0.2, 0) is 16.4 Å². The van der Waals surface area contributed by atoms with Crippen LogP contribution in [-0.4, -0.2) is 50.5 Å². The molecular formula is C28H31N5O2S2. The predicted octanol–water partition coefficient (Wildman–Crippen LogP) is 5.45. The van der Waals surface area contributed by atoms with Crippen LogP contribution >= 0.6 is 11.3 Å². The van der Waals surface area contributed by atoms with E-state index in [1.54, 1.807) is 16.8 Å². The number of fused-ring (bicyclic) bond motifs is 3. The number of hydrogen-bond acceptors (Lipinski definition) is 7. The zero-order valence-electron chi connectivity index (χ0n) is 21.0. The standard InChI is InChI=1S/C28H31N5O2S2/c1-33(2)15-6-5-14-29-28-30-18-21-17-26(24-7-3-4-8-25(24)27(21)31-28)20-9-11-22(12-10-20)32-37(34,35)23-13-16-36-19-23/h3-4,7-13,16,18-19,26,32H,5-6,14-15,17H2,1-2H3,(H,29,30,31). The molecule has 192 valence electrons. The van der Waals surface area contributed by atoms with E-state index >= 15 is 0 Å². The first-order chi connectivity index (χ1) is 17.9. The van der Waals surface area contributed by atoms with Crippen molar-refractivity contribution in [2.45, 2.75) is 30.1 Å². The highest BCUT2D eigenvalue weighted by atomic mass is 32.2. The molecule has 5 rings (SSSR count). The van der Waals surface area contributed by atoms with Gasteiger partial charge < -0.3 is 10.2 Å². The fraction of sp³-hybridized carbons (Fsp3) is 0.286. The van der Waals surface area contributed by atoms with E-state index in [2.05, 4.69) is 52.2 Å². The van der Waals surface area contributed by atoms with E-state index in [0.717, 1.165) is 54.7 Å². The van der Waals surface area contributed by atoms with E-state index in [4.69, 9.17) is 4.98 Å². The molecule has 0 amide bonds. The Bertz CT molecular complexity index is 1450. The molecule has 0 bridgehead atoms. The van der Waals surface area contributed by atoms with Gasteiger partial charge in [0.25, 0.3) is 10.0 Å². The molecule has 9 heteroatoms. The van der Waals surface area contributed by atoms with E-state index in [9.17, 15) is 8.42 Å². The monoisotopic (exact) mass is 533 g/mol. The summed E-state index contributed by atoms with van der Waals surface area (Å²) in [6.07, 6.45) is 4.92. The van der Waals surface area contributed by atoms with Crippen LogP contribution in [0.2, 0.25) is 0 Å². The minimum Gasteiger partial charge on any atom is -0.354 e. The molecule has 1 aliphatic rings. The highest BCUT2D eigenvalue weighted by Gasteiger charge is 2.27. The minimum absolute atomic E-state index is 0.139. The van der Waals surface area contributed by atoms with Crippen molar-refractivity contribution in [1.82, 2.24) is 14.9 Å². The average Bonchev–Trinajstić information content (AvgIpc) is 3.45. The van der Waals surface area contributed by atoms with Gasteiger partial charge in [-0.25, -0.2) is 18.4 Å². The van der Waals surface area contributed by atoms with Gasteiger partial charge in [0.05, 0.1) is 10.6 Å². The summed E-state index contributed by atoms with van der Waals surface area (Å²) >= 11 is 1.36. The van der Waals surface area contributed by atoms with E-state index in [1.807, 2.05) is 36.5 Å². The zero-order chi connectivity index (χ0) is 25.8. The third-order valence-electron chi connectivity index (χ3n) is 6.57. The second-order valence-electron chi connectivity index (χ2n) is 9.54. The Kier molecular flexibility index (Phi) is 7.55. The van der Waals surface area contributed by atoms with E-state index in [0.29, 0.717) is 11.6 Å². The number of anilines is 2. The Balaban J connectivity index is 1.33. The van der Waals surface area contributed by atoms with Crippen molar-refractivity contribution in [2.75, 3.05) is 37.2 Å². The maximum Gasteiger partial charge on any atom is 0.262 e. The van der Waals surface area contributed by atoms with Crippen molar-refractivity contribution in [3.8, 4) is 11.3 Å². The normalized spacial score (nSPS) is 14.7. The largest absolute Gasteiger partial charge is 0.354 e. The molecule has 0 aliphatic heterocycles. The Labute approximate surface area is 222 Å². The smallest absolute Gasteiger partial charge is 0.262 e. The third kappa shape index (κ3) is 5.84. The van der Waals surface area contributed by atoms with Crippen molar-refractivity contribution < 1.29 is 8.42 Å². The average molecular weight is 534 g/mol. The summed E-state index contributed by atoms with van der Waals surface area (Å²) in [6.45, 7) is 1.92. The van der Waals surface area contributed by atoms with Gasteiger partial charge in [-0.05, 0) is 80.2 Å². The molecule has 0 radical (unpaired) electrons. The number of nitrogens with zero attached hydrogens (tertiary/aromatic N) is 3. The van der Waals surface area contributed by atoms with Crippen LogP contribution in [0, 0.1) is 0 Å². The third-order valence-corrected chi connectivity index (χ3v) is 8.78. The molecule has 2 aromatic heterocycles. The fourth-order valence-electron chi connectivity index (χ4n) is 4.67. The molecule has 0 saturated heterocycles. The SMILES string of the molecule is CN(C)CCCCNc1ncc2c(n1)-c1ccccc1C(c1ccc(NS(=O)(=O)c3ccsc3)cc1)C2. The van der Waals surface area contributed by atoms with Crippen LogP contribution in [0.15, 0.2) is 76.4 Å². The van der Waals surface area contributed by atoms with E-state index in [-0.39, 0.29) is 10.8 Å². The van der Waals surface area contributed by atoms with Crippen LogP contribution in [0.1, 0.15) is 35.4 Å².